The van der Waals surface area contributed by atoms with Crippen molar-refractivity contribution in [2.24, 2.45) is 10.4 Å². The van der Waals surface area contributed by atoms with E-state index >= 15 is 0 Å². The first-order chi connectivity index (χ1) is 10.9. The highest BCUT2D eigenvalue weighted by atomic mass is 127. The number of aliphatic imine (C=N–C) groups is 1. The molecule has 0 saturated heterocycles. The Morgan fingerprint density at radius 2 is 1.88 bits per heavy atom. The van der Waals surface area contributed by atoms with Crippen molar-refractivity contribution in [1.29, 1.82) is 0 Å². The van der Waals surface area contributed by atoms with Crippen LogP contribution >= 0.6 is 24.0 Å². The van der Waals surface area contributed by atoms with E-state index in [0.717, 1.165) is 31.9 Å². The minimum atomic E-state index is -0.0722. The number of hydrogen-bond donors (Lipinski definition) is 2. The summed E-state index contributed by atoms with van der Waals surface area (Å²) in [6.07, 6.45) is 1.89. The summed E-state index contributed by atoms with van der Waals surface area (Å²) in [5.74, 6) is 0.876. The third-order valence-electron chi connectivity index (χ3n) is 5.08. The van der Waals surface area contributed by atoms with Crippen molar-refractivity contribution < 1.29 is 14.2 Å². The smallest absolute Gasteiger partial charge is 0.191 e. The summed E-state index contributed by atoms with van der Waals surface area (Å²) < 4.78 is 16.1. The van der Waals surface area contributed by atoms with Crippen molar-refractivity contribution in [2.45, 2.75) is 52.2 Å². The molecule has 144 valence electrons. The van der Waals surface area contributed by atoms with Crippen LogP contribution in [0.1, 0.15) is 40.5 Å². The van der Waals surface area contributed by atoms with Gasteiger partial charge in [0.1, 0.15) is 0 Å². The molecule has 1 saturated carbocycles. The molecule has 0 aromatic carbocycles. The summed E-state index contributed by atoms with van der Waals surface area (Å²) in [6, 6.07) is 0.364. The van der Waals surface area contributed by atoms with Crippen LogP contribution < -0.4 is 10.6 Å². The van der Waals surface area contributed by atoms with Crippen molar-refractivity contribution >= 4 is 29.9 Å². The second kappa shape index (κ2) is 11.5. The maximum atomic E-state index is 5.68. The molecule has 24 heavy (non-hydrogen) atoms. The Hall–Kier alpha value is -0.120. The Kier molecular flexibility index (Phi) is 11.4. The highest BCUT2D eigenvalue weighted by Crippen LogP contribution is 2.51. The van der Waals surface area contributed by atoms with Gasteiger partial charge in [-0.05, 0) is 26.7 Å². The number of nitrogens with one attached hydrogen (secondary N) is 2. The van der Waals surface area contributed by atoms with Gasteiger partial charge in [-0.2, -0.15) is 0 Å². The second-order valence-corrected chi connectivity index (χ2v) is 6.78. The van der Waals surface area contributed by atoms with Gasteiger partial charge in [0.05, 0.1) is 18.8 Å². The van der Waals surface area contributed by atoms with E-state index in [0.29, 0.717) is 25.9 Å². The van der Waals surface area contributed by atoms with Crippen molar-refractivity contribution in [3.05, 3.63) is 0 Å². The van der Waals surface area contributed by atoms with E-state index in [-0.39, 0.29) is 35.0 Å². The predicted octanol–water partition coefficient (Wildman–Crippen LogP) is 2.42. The molecule has 2 atom stereocenters. The van der Waals surface area contributed by atoms with Crippen LogP contribution in [0.2, 0.25) is 0 Å². The number of hydrogen-bond acceptors (Lipinski definition) is 4. The topological polar surface area (TPSA) is 64.1 Å². The third kappa shape index (κ3) is 6.31. The van der Waals surface area contributed by atoms with Gasteiger partial charge < -0.3 is 24.8 Å². The maximum Gasteiger partial charge on any atom is 0.191 e. The SMILES string of the molecule is CCNC(=NCCCOCCOC)NC1CC(C)(OC)C1(C)C.I. The van der Waals surface area contributed by atoms with Crippen LogP contribution in [0.5, 0.6) is 0 Å². The fourth-order valence-corrected chi connectivity index (χ4v) is 2.81. The van der Waals surface area contributed by atoms with Crippen LogP contribution in [-0.4, -0.2) is 64.7 Å². The molecule has 0 heterocycles. The zero-order valence-electron chi connectivity index (χ0n) is 16.1. The molecule has 7 heteroatoms. The van der Waals surface area contributed by atoms with Crippen LogP contribution in [0.15, 0.2) is 4.99 Å². The molecule has 0 bridgehead atoms. The van der Waals surface area contributed by atoms with Gasteiger partial charge in [0.15, 0.2) is 5.96 Å². The molecular weight excluding hydrogens is 421 g/mol. The van der Waals surface area contributed by atoms with E-state index in [2.05, 4.69) is 43.3 Å². The molecule has 1 rings (SSSR count). The van der Waals surface area contributed by atoms with Crippen LogP contribution in [0, 0.1) is 5.41 Å². The summed E-state index contributed by atoms with van der Waals surface area (Å²) in [5.41, 5.74) is -0.00160. The second-order valence-electron chi connectivity index (χ2n) is 6.78. The van der Waals surface area contributed by atoms with Crippen molar-refractivity contribution in [3.8, 4) is 0 Å². The standard InChI is InChI=1S/C17H35N3O3.HI/c1-7-18-15(19-9-8-10-23-12-11-21-5)20-14-13-17(4,22-6)16(14,2)3;/h14H,7-13H2,1-6H3,(H2,18,19,20);1H. The Bertz CT molecular complexity index is 380. The average Bonchev–Trinajstić information content (AvgIpc) is 2.53. The first-order valence-corrected chi connectivity index (χ1v) is 8.58. The summed E-state index contributed by atoms with van der Waals surface area (Å²) >= 11 is 0. The molecule has 1 aliphatic carbocycles. The minimum absolute atomic E-state index is 0. The van der Waals surface area contributed by atoms with Gasteiger partial charge in [0.25, 0.3) is 0 Å². The number of ether oxygens (including phenoxy) is 3. The lowest BCUT2D eigenvalue weighted by molar-refractivity contribution is -0.176. The molecule has 6 nitrogen and oxygen atoms in total. The fourth-order valence-electron chi connectivity index (χ4n) is 2.81. The lowest BCUT2D eigenvalue weighted by atomic mass is 9.56. The zero-order valence-corrected chi connectivity index (χ0v) is 18.4. The molecule has 0 amide bonds. The summed E-state index contributed by atoms with van der Waals surface area (Å²) in [6.45, 7) is 12.3. The number of methoxy groups -OCH3 is 2. The Labute approximate surface area is 164 Å². The van der Waals surface area contributed by atoms with Crippen molar-refractivity contribution in [2.75, 3.05) is 47.1 Å². The molecule has 2 N–H and O–H groups in total. The van der Waals surface area contributed by atoms with Gasteiger partial charge in [-0.1, -0.05) is 13.8 Å². The van der Waals surface area contributed by atoms with E-state index in [4.69, 9.17) is 14.2 Å². The molecule has 1 fully saturated rings. The van der Waals surface area contributed by atoms with Crippen LogP contribution in [-0.2, 0) is 14.2 Å². The number of rotatable bonds is 10. The average molecular weight is 457 g/mol. The molecular formula is C17H36IN3O3. The van der Waals surface area contributed by atoms with E-state index in [1.54, 1.807) is 14.2 Å². The first kappa shape index (κ1) is 23.9. The Balaban J connectivity index is 0.00000529. The van der Waals surface area contributed by atoms with Gasteiger partial charge in [-0.25, -0.2) is 0 Å². The Morgan fingerprint density at radius 1 is 1.17 bits per heavy atom. The molecule has 0 aromatic heterocycles. The largest absolute Gasteiger partial charge is 0.382 e. The van der Waals surface area contributed by atoms with Crippen LogP contribution in [0.25, 0.3) is 0 Å². The third-order valence-corrected chi connectivity index (χ3v) is 5.08. The van der Waals surface area contributed by atoms with Gasteiger partial charge >= 0.3 is 0 Å². The van der Waals surface area contributed by atoms with Crippen molar-refractivity contribution in [1.82, 2.24) is 10.6 Å². The molecule has 0 aliphatic heterocycles. The zero-order chi connectivity index (χ0) is 17.3. The van der Waals surface area contributed by atoms with E-state index in [1.165, 1.54) is 0 Å². The highest BCUT2D eigenvalue weighted by molar-refractivity contribution is 14.0. The molecule has 0 radical (unpaired) electrons. The summed E-state index contributed by atoms with van der Waals surface area (Å²) in [4.78, 5) is 4.63. The van der Waals surface area contributed by atoms with E-state index in [1.807, 2.05) is 0 Å². The van der Waals surface area contributed by atoms with E-state index < -0.39 is 0 Å². The summed E-state index contributed by atoms with van der Waals surface area (Å²) in [7, 11) is 3.47. The number of halogens is 1. The Morgan fingerprint density at radius 3 is 2.42 bits per heavy atom. The molecule has 1 aliphatic rings. The highest BCUT2D eigenvalue weighted by Gasteiger charge is 2.58. The van der Waals surface area contributed by atoms with Crippen LogP contribution in [0.4, 0.5) is 0 Å². The van der Waals surface area contributed by atoms with Gasteiger partial charge in [0.2, 0.25) is 0 Å². The molecule has 2 unspecified atom stereocenters. The fraction of sp³-hybridized carbons (Fsp3) is 0.941. The van der Waals surface area contributed by atoms with Gasteiger partial charge in [-0.3, -0.25) is 4.99 Å². The molecule has 0 spiro atoms. The summed E-state index contributed by atoms with van der Waals surface area (Å²) in [5, 5.41) is 6.86. The minimum Gasteiger partial charge on any atom is -0.382 e. The maximum absolute atomic E-state index is 5.68. The lowest BCUT2D eigenvalue weighted by Crippen LogP contribution is -2.69. The molecule has 0 aromatic rings. The van der Waals surface area contributed by atoms with Crippen LogP contribution in [0.3, 0.4) is 0 Å². The predicted molar refractivity (Wildman–Crippen MR) is 109 cm³/mol. The first-order valence-electron chi connectivity index (χ1n) is 8.58. The number of nitrogens with zero attached hydrogens (tertiary/aromatic N) is 1. The normalized spacial score (nSPS) is 25.6. The van der Waals surface area contributed by atoms with E-state index in [9.17, 15) is 0 Å². The van der Waals surface area contributed by atoms with Gasteiger partial charge in [-0.15, -0.1) is 24.0 Å². The monoisotopic (exact) mass is 457 g/mol. The van der Waals surface area contributed by atoms with Gasteiger partial charge in [0, 0.05) is 45.4 Å². The number of guanidine groups is 1. The lowest BCUT2D eigenvalue weighted by Gasteiger charge is -2.59. The quantitative estimate of drug-likeness (QED) is 0.228. The van der Waals surface area contributed by atoms with Crippen molar-refractivity contribution in [3.63, 3.8) is 0 Å².